The van der Waals surface area contributed by atoms with Crippen LogP contribution in [0.2, 0.25) is 0 Å². The van der Waals surface area contributed by atoms with Crippen molar-refractivity contribution in [3.8, 4) is 0 Å². The van der Waals surface area contributed by atoms with Crippen LogP contribution in [0, 0.1) is 0 Å². The van der Waals surface area contributed by atoms with Crippen molar-refractivity contribution in [1.82, 2.24) is 0 Å². The van der Waals surface area contributed by atoms with Crippen LogP contribution in [0.1, 0.15) is 0 Å². The monoisotopic (exact) mass is 137 g/mol. The van der Waals surface area contributed by atoms with Gasteiger partial charge >= 0.3 is 36.2 Å². The van der Waals surface area contributed by atoms with Gasteiger partial charge in [-0.2, -0.15) is 0 Å². The van der Waals surface area contributed by atoms with Crippen molar-refractivity contribution in [1.29, 1.82) is 0 Å². The summed E-state index contributed by atoms with van der Waals surface area (Å²) >= 11 is 2.44. The first-order chi connectivity index (χ1) is 2.00. The Morgan fingerprint density at radius 3 is 1.60 bits per heavy atom. The van der Waals surface area contributed by atoms with Gasteiger partial charge in [0.2, 0.25) is 0 Å². The summed E-state index contributed by atoms with van der Waals surface area (Å²) in [5, 5.41) is 0. The molecule has 0 aliphatic carbocycles. The van der Waals surface area contributed by atoms with Gasteiger partial charge in [0, 0.05) is 0 Å². The summed E-state index contributed by atoms with van der Waals surface area (Å²) in [5.74, 6) is 0. The molecule has 0 aliphatic rings. The van der Waals surface area contributed by atoms with E-state index in [1.165, 1.54) is 0 Å². The van der Waals surface area contributed by atoms with E-state index in [0.717, 1.165) is 0 Å². The van der Waals surface area contributed by atoms with Crippen LogP contribution in [0.25, 0.3) is 0 Å². The molecule has 0 amide bonds. The first kappa shape index (κ1) is 5.67. The van der Waals surface area contributed by atoms with E-state index < -0.39 is 6.29 Å². The third kappa shape index (κ3) is 74.2. The molecule has 0 aromatic heterocycles. The van der Waals surface area contributed by atoms with E-state index in [-0.39, 0.29) is 0 Å². The Balaban J connectivity index is 3.47. The zero-order valence-corrected chi connectivity index (χ0v) is 4.10. The summed E-state index contributed by atoms with van der Waals surface area (Å²) < 4.78 is 9.22. The molecule has 0 unspecified atom stereocenters. The van der Waals surface area contributed by atoms with Crippen molar-refractivity contribution < 1.29 is 29.9 Å². The predicted octanol–water partition coefficient (Wildman–Crippen LogP) is -0.374. The molecule has 0 fully saturated rings. The Morgan fingerprint density at radius 1 is 1.60 bits per heavy atom. The maximum atomic E-state index is 9.22. The number of hydrogen-bond donors (Lipinski definition) is 2. The molecule has 3 nitrogen and oxygen atoms in total. The quantitative estimate of drug-likeness (QED) is 0.353. The van der Waals surface area contributed by atoms with Gasteiger partial charge in [0.1, 0.15) is 0 Å². The minimum atomic E-state index is -3.89. The van der Waals surface area contributed by atoms with E-state index in [2.05, 4.69) is 15.6 Å². The molecule has 2 N–H and O–H groups in total. The average Bonchev–Trinajstić information content (AvgIpc) is 0.722. The Hall–Kier alpha value is 0.669. The van der Waals surface area contributed by atoms with E-state index in [4.69, 9.17) is 9.79 Å². The maximum absolute atomic E-state index is 9.22. The number of rotatable bonds is 0. The van der Waals surface area contributed by atoms with Crippen LogP contribution in [0.3, 0.4) is 0 Å². The molecule has 0 bridgehead atoms. The van der Waals surface area contributed by atoms with E-state index >= 15 is 0 Å². The van der Waals surface area contributed by atoms with Gasteiger partial charge in [0.15, 0.2) is 0 Å². The van der Waals surface area contributed by atoms with Crippen LogP contribution in [-0.2, 0) is 20.1 Å². The zero-order valence-electron chi connectivity index (χ0n) is 2.10. The van der Waals surface area contributed by atoms with Crippen molar-refractivity contribution in [2.75, 3.05) is 0 Å². The summed E-state index contributed by atoms with van der Waals surface area (Å²) in [5.41, 5.74) is 0. The fourth-order valence-corrected chi connectivity index (χ4v) is 0. The van der Waals surface area contributed by atoms with E-state index in [9.17, 15) is 4.57 Å². The summed E-state index contributed by atoms with van der Waals surface area (Å²) in [6, 6.07) is 0. The van der Waals surface area contributed by atoms with Crippen LogP contribution < -0.4 is 0 Å². The Bertz CT molecular complexity index is 53.0. The molecule has 0 saturated carbocycles. The Labute approximate surface area is 37.0 Å². The van der Waals surface area contributed by atoms with E-state index in [1.54, 1.807) is 0 Å². The zero-order chi connectivity index (χ0) is 4.50. The molecule has 0 saturated heterocycles. The van der Waals surface area contributed by atoms with Gasteiger partial charge in [-0.1, -0.05) is 0 Å². The van der Waals surface area contributed by atoms with Crippen molar-refractivity contribution in [2.24, 2.45) is 0 Å². The molecule has 0 aromatic carbocycles. The van der Waals surface area contributed by atoms with Gasteiger partial charge in [0.05, 0.1) is 0 Å². The van der Waals surface area contributed by atoms with Crippen molar-refractivity contribution in [3.05, 3.63) is 0 Å². The molecule has 0 atom stereocenters. The minimum absolute atomic E-state index is 2.44. The molecular weight excluding hydrogens is 135 g/mol. The van der Waals surface area contributed by atoms with E-state index in [1.807, 2.05) is 0 Å². The molecule has 5 heavy (non-hydrogen) atoms. The summed E-state index contributed by atoms with van der Waals surface area (Å²) in [6.45, 7) is 0. The third-order valence-corrected chi connectivity index (χ3v) is 0. The molecule has 5 heteroatoms. The third-order valence-electron chi connectivity index (χ3n) is 0. The van der Waals surface area contributed by atoms with Crippen LogP contribution in [-0.4, -0.2) is 9.79 Å². The molecule has 0 heterocycles. The fourth-order valence-electron chi connectivity index (χ4n) is 0. The van der Waals surface area contributed by atoms with Gasteiger partial charge in [0.25, 0.3) is 0 Å². The molecule has 0 aromatic rings. The Morgan fingerprint density at radius 2 is 1.60 bits per heavy atom. The van der Waals surface area contributed by atoms with Crippen molar-refractivity contribution >= 4 is 6.29 Å². The van der Waals surface area contributed by atoms with E-state index in [0.29, 0.717) is 0 Å². The molecule has 0 radical (unpaired) electrons. The number of hydrogen-bond acceptors (Lipinski definition) is 1. The average molecular weight is 137 g/mol. The van der Waals surface area contributed by atoms with Crippen molar-refractivity contribution in [2.45, 2.75) is 0 Å². The first-order valence-corrected chi connectivity index (χ1v) is 3.70. The molecule has 0 rings (SSSR count). The van der Waals surface area contributed by atoms with Crippen molar-refractivity contribution in [3.63, 3.8) is 0 Å². The molecule has 0 aliphatic heterocycles. The SMILES string of the molecule is O=[P](O)(O)[Fe]. The first-order valence-electron chi connectivity index (χ1n) is 0.741. The van der Waals surface area contributed by atoms with Gasteiger partial charge in [-0.15, -0.1) is 0 Å². The fraction of sp³-hybridized carbons (Fsp3) is 0. The van der Waals surface area contributed by atoms with Gasteiger partial charge in [-0.05, 0) is 0 Å². The standard InChI is InChI=1S/Fe.HO3P/c;1-4(2)3/h;(H-,1,2,3)/q-1;/p+1. The predicted molar refractivity (Wildman–Crippen MR) is 12.0 cm³/mol. The Kier molecular flexibility index (Phi) is 1.60. The van der Waals surface area contributed by atoms with Crippen LogP contribution in [0.15, 0.2) is 0 Å². The molecule has 33 valence electrons. The molecular formula is H2FeO3P. The van der Waals surface area contributed by atoms with Crippen LogP contribution >= 0.6 is 6.29 Å². The second-order valence-electron chi connectivity index (χ2n) is 0.459. The normalized spacial score (nSPS) is 11.8. The summed E-state index contributed by atoms with van der Waals surface area (Å²) in [4.78, 5) is 15.0. The van der Waals surface area contributed by atoms with Gasteiger partial charge in [-0.3, -0.25) is 0 Å². The topological polar surface area (TPSA) is 57.5 Å². The second kappa shape index (κ2) is 1.41. The van der Waals surface area contributed by atoms with Gasteiger partial charge in [-0.25, -0.2) is 0 Å². The second-order valence-corrected chi connectivity index (χ2v) is 3.31. The summed E-state index contributed by atoms with van der Waals surface area (Å²) in [7, 11) is 0. The van der Waals surface area contributed by atoms with Crippen LogP contribution in [0.5, 0.6) is 0 Å². The van der Waals surface area contributed by atoms with Crippen LogP contribution in [0.4, 0.5) is 0 Å². The molecule has 0 spiro atoms. The van der Waals surface area contributed by atoms with Gasteiger partial charge < -0.3 is 0 Å². The summed E-state index contributed by atoms with van der Waals surface area (Å²) in [6.07, 6.45) is -3.89.